The summed E-state index contributed by atoms with van der Waals surface area (Å²) in [5.41, 5.74) is 4.04. The highest BCUT2D eigenvalue weighted by Gasteiger charge is 2.12. The number of nitrogens with two attached hydrogens (primary N) is 1. The Balaban J connectivity index is 3.32. The second-order valence-corrected chi connectivity index (χ2v) is 2.06. The molecule has 0 aliphatic rings. The van der Waals surface area contributed by atoms with Crippen molar-refractivity contribution < 1.29 is 9.15 Å². The van der Waals surface area contributed by atoms with Crippen LogP contribution < -0.4 is 16.1 Å². The van der Waals surface area contributed by atoms with E-state index in [0.29, 0.717) is 6.61 Å². The molecule has 1 heterocycles. The zero-order valence-corrected chi connectivity index (χ0v) is 6.90. The lowest BCUT2D eigenvalue weighted by Gasteiger charge is -2.01. The molecule has 6 nitrogen and oxygen atoms in total. The van der Waals surface area contributed by atoms with Crippen molar-refractivity contribution in [1.29, 1.82) is 5.26 Å². The van der Waals surface area contributed by atoms with Crippen LogP contribution in [0.3, 0.4) is 0 Å². The molecule has 0 spiro atoms. The molecule has 0 saturated carbocycles. The third-order valence-corrected chi connectivity index (χ3v) is 1.22. The van der Waals surface area contributed by atoms with Crippen LogP contribution in [0.1, 0.15) is 12.5 Å². The largest absolute Gasteiger partial charge is 0.477 e. The highest BCUT2D eigenvalue weighted by Crippen LogP contribution is 2.11. The van der Waals surface area contributed by atoms with Gasteiger partial charge in [0.2, 0.25) is 5.88 Å². The SMILES string of the molecule is CCOc1nc(N)oc(=O)c1C#N. The van der Waals surface area contributed by atoms with Gasteiger partial charge in [-0.15, -0.1) is 0 Å². The Hall–Kier alpha value is -2.03. The smallest absolute Gasteiger partial charge is 0.362 e. The van der Waals surface area contributed by atoms with Crippen LogP contribution in [-0.4, -0.2) is 11.6 Å². The molecule has 1 rings (SSSR count). The molecule has 1 aromatic heterocycles. The molecule has 0 aliphatic heterocycles. The van der Waals surface area contributed by atoms with Gasteiger partial charge in [-0.25, -0.2) is 4.79 Å². The Morgan fingerprint density at radius 2 is 2.46 bits per heavy atom. The van der Waals surface area contributed by atoms with Gasteiger partial charge in [0.05, 0.1) is 6.61 Å². The first kappa shape index (κ1) is 9.06. The molecular weight excluding hydrogens is 174 g/mol. The van der Waals surface area contributed by atoms with E-state index < -0.39 is 5.63 Å². The molecule has 1 aromatic rings. The molecule has 0 aliphatic carbocycles. The van der Waals surface area contributed by atoms with Crippen LogP contribution in [0, 0.1) is 11.3 Å². The number of anilines is 1. The predicted octanol–water partition coefficient (Wildman–Crippen LogP) is -0.113. The summed E-state index contributed by atoms with van der Waals surface area (Å²) in [6, 6.07) is 1.31. The lowest BCUT2D eigenvalue weighted by Crippen LogP contribution is -2.11. The minimum atomic E-state index is -0.835. The third kappa shape index (κ3) is 1.76. The van der Waals surface area contributed by atoms with E-state index in [1.165, 1.54) is 0 Å². The van der Waals surface area contributed by atoms with Crippen molar-refractivity contribution in [2.24, 2.45) is 0 Å². The zero-order chi connectivity index (χ0) is 9.84. The fraction of sp³-hybridized carbons (Fsp3) is 0.286. The second kappa shape index (κ2) is 3.58. The summed E-state index contributed by atoms with van der Waals surface area (Å²) >= 11 is 0. The zero-order valence-electron chi connectivity index (χ0n) is 6.90. The highest BCUT2D eigenvalue weighted by atomic mass is 16.5. The van der Waals surface area contributed by atoms with E-state index in [1.807, 2.05) is 0 Å². The maximum Gasteiger partial charge on any atom is 0.362 e. The van der Waals surface area contributed by atoms with Crippen LogP contribution in [0.4, 0.5) is 6.01 Å². The standard InChI is InChI=1S/C7H7N3O3/c1-2-12-5-4(3-8)6(11)13-7(9)10-5/h2H2,1H3,(H2,9,10). The van der Waals surface area contributed by atoms with Crippen molar-refractivity contribution in [2.75, 3.05) is 12.3 Å². The van der Waals surface area contributed by atoms with Gasteiger partial charge in [0.1, 0.15) is 6.07 Å². The Morgan fingerprint density at radius 3 is 3.00 bits per heavy atom. The topological polar surface area (TPSA) is 102 Å². The van der Waals surface area contributed by atoms with Gasteiger partial charge < -0.3 is 14.9 Å². The maximum absolute atomic E-state index is 11.0. The number of hydrogen-bond acceptors (Lipinski definition) is 6. The van der Waals surface area contributed by atoms with E-state index >= 15 is 0 Å². The van der Waals surface area contributed by atoms with E-state index in [1.54, 1.807) is 13.0 Å². The van der Waals surface area contributed by atoms with Crippen molar-refractivity contribution in [3.63, 3.8) is 0 Å². The summed E-state index contributed by atoms with van der Waals surface area (Å²) < 4.78 is 9.31. The number of rotatable bonds is 2. The molecule has 0 bridgehead atoms. The van der Waals surface area contributed by atoms with Crippen LogP contribution in [0.25, 0.3) is 0 Å². The Labute approximate surface area is 73.6 Å². The van der Waals surface area contributed by atoms with Gasteiger partial charge in [-0.2, -0.15) is 10.2 Å². The summed E-state index contributed by atoms with van der Waals surface area (Å²) in [5.74, 6) is -0.0845. The first-order chi connectivity index (χ1) is 6.19. The average molecular weight is 181 g/mol. The fourth-order valence-corrected chi connectivity index (χ4v) is 0.747. The number of hydrogen-bond donors (Lipinski definition) is 1. The maximum atomic E-state index is 11.0. The minimum Gasteiger partial charge on any atom is -0.477 e. The van der Waals surface area contributed by atoms with Gasteiger partial charge in [0, 0.05) is 0 Å². The Bertz CT molecular complexity index is 404. The van der Waals surface area contributed by atoms with E-state index in [0.717, 1.165) is 0 Å². The van der Waals surface area contributed by atoms with Gasteiger partial charge in [0.25, 0.3) is 6.01 Å². The van der Waals surface area contributed by atoms with Gasteiger partial charge in [0.15, 0.2) is 5.56 Å². The molecule has 0 radical (unpaired) electrons. The summed E-state index contributed by atoms with van der Waals surface area (Å²) in [4.78, 5) is 14.5. The van der Waals surface area contributed by atoms with Crippen LogP contribution in [-0.2, 0) is 0 Å². The monoisotopic (exact) mass is 181 g/mol. The molecule has 68 valence electrons. The number of nitrogen functional groups attached to an aromatic ring is 1. The number of nitrogens with zero attached hydrogens (tertiary/aromatic N) is 2. The molecule has 6 heteroatoms. The van der Waals surface area contributed by atoms with Crippen molar-refractivity contribution in [2.45, 2.75) is 6.92 Å². The average Bonchev–Trinajstić information content (AvgIpc) is 2.04. The van der Waals surface area contributed by atoms with Crippen molar-refractivity contribution in [1.82, 2.24) is 4.98 Å². The summed E-state index contributed by atoms with van der Waals surface area (Å²) in [5, 5.41) is 8.55. The molecular formula is C7H7N3O3. The molecule has 0 amide bonds. The third-order valence-electron chi connectivity index (χ3n) is 1.22. The van der Waals surface area contributed by atoms with Crippen LogP contribution in [0.15, 0.2) is 9.21 Å². The van der Waals surface area contributed by atoms with Crippen molar-refractivity contribution in [3.05, 3.63) is 16.0 Å². The van der Waals surface area contributed by atoms with Gasteiger partial charge in [-0.3, -0.25) is 0 Å². The minimum absolute atomic E-state index is 0.0845. The second-order valence-electron chi connectivity index (χ2n) is 2.06. The van der Waals surface area contributed by atoms with Gasteiger partial charge in [-0.05, 0) is 6.92 Å². The molecule has 0 fully saturated rings. The molecule has 0 aromatic carbocycles. The first-order valence-electron chi connectivity index (χ1n) is 3.52. The molecule has 0 saturated heterocycles. The number of aromatic nitrogens is 1. The van der Waals surface area contributed by atoms with Gasteiger partial charge in [-0.1, -0.05) is 0 Å². The van der Waals surface area contributed by atoms with Crippen LogP contribution in [0.2, 0.25) is 0 Å². The predicted molar refractivity (Wildman–Crippen MR) is 43.1 cm³/mol. The Morgan fingerprint density at radius 1 is 1.77 bits per heavy atom. The normalized spacial score (nSPS) is 9.23. The molecule has 2 N–H and O–H groups in total. The molecule has 0 atom stereocenters. The van der Waals surface area contributed by atoms with E-state index in [2.05, 4.69) is 9.40 Å². The molecule has 0 unspecified atom stereocenters. The fourth-order valence-electron chi connectivity index (χ4n) is 0.747. The molecule has 13 heavy (non-hydrogen) atoms. The van der Waals surface area contributed by atoms with Crippen LogP contribution >= 0.6 is 0 Å². The van der Waals surface area contributed by atoms with E-state index in [-0.39, 0.29) is 17.5 Å². The Kier molecular flexibility index (Phi) is 2.50. The van der Waals surface area contributed by atoms with E-state index in [4.69, 9.17) is 15.7 Å². The lowest BCUT2D eigenvalue weighted by molar-refractivity contribution is 0.317. The number of nitriles is 1. The van der Waals surface area contributed by atoms with Crippen molar-refractivity contribution >= 4 is 6.01 Å². The summed E-state index contributed by atoms with van der Waals surface area (Å²) in [7, 11) is 0. The number of ether oxygens (including phenoxy) is 1. The lowest BCUT2D eigenvalue weighted by atomic mass is 10.4. The summed E-state index contributed by atoms with van der Waals surface area (Å²) in [6.45, 7) is 2.00. The quantitative estimate of drug-likeness (QED) is 0.682. The van der Waals surface area contributed by atoms with Crippen LogP contribution in [0.5, 0.6) is 5.88 Å². The van der Waals surface area contributed by atoms with Gasteiger partial charge >= 0.3 is 5.63 Å². The van der Waals surface area contributed by atoms with Crippen molar-refractivity contribution in [3.8, 4) is 11.9 Å². The summed E-state index contributed by atoms with van der Waals surface area (Å²) in [6.07, 6.45) is 0. The first-order valence-corrected chi connectivity index (χ1v) is 3.52. The van der Waals surface area contributed by atoms with E-state index in [9.17, 15) is 4.79 Å². The highest BCUT2D eigenvalue weighted by molar-refractivity contribution is 5.37.